The number of carboxylic acids is 1. The first-order valence-corrected chi connectivity index (χ1v) is 11.1. The van der Waals surface area contributed by atoms with Crippen LogP contribution in [0.15, 0.2) is 36.4 Å². The summed E-state index contributed by atoms with van der Waals surface area (Å²) in [4.78, 5) is 12.9. The van der Waals surface area contributed by atoms with Gasteiger partial charge in [0.2, 0.25) is 0 Å². The molecule has 0 radical (unpaired) electrons. The van der Waals surface area contributed by atoms with E-state index in [0.717, 1.165) is 31.2 Å². The van der Waals surface area contributed by atoms with Gasteiger partial charge in [-0.2, -0.15) is 13.2 Å². The molecule has 4 nitrogen and oxygen atoms in total. The van der Waals surface area contributed by atoms with Crippen LogP contribution in [0.1, 0.15) is 53.9 Å². The highest BCUT2D eigenvalue weighted by atomic mass is 35.5. The van der Waals surface area contributed by atoms with Crippen LogP contribution in [0, 0.1) is 5.92 Å². The van der Waals surface area contributed by atoms with E-state index in [-0.39, 0.29) is 18.4 Å². The minimum Gasteiger partial charge on any atom is -0.489 e. The van der Waals surface area contributed by atoms with Crippen LogP contribution in [0.25, 0.3) is 0 Å². The third-order valence-electron chi connectivity index (χ3n) is 6.35. The Labute approximate surface area is 189 Å². The zero-order chi connectivity index (χ0) is 22.9. The Bertz CT molecular complexity index is 983. The summed E-state index contributed by atoms with van der Waals surface area (Å²) in [5.41, 5.74) is 1.14. The summed E-state index contributed by atoms with van der Waals surface area (Å²) >= 11 is 6.34. The Morgan fingerprint density at radius 3 is 2.47 bits per heavy atom. The molecule has 0 bridgehead atoms. The van der Waals surface area contributed by atoms with Crippen LogP contribution in [-0.4, -0.2) is 29.1 Å². The summed E-state index contributed by atoms with van der Waals surface area (Å²) < 4.78 is 46.7. The number of hydrogen-bond donors (Lipinski definition) is 1. The monoisotopic (exact) mass is 467 g/mol. The van der Waals surface area contributed by atoms with Crippen LogP contribution >= 0.6 is 11.6 Å². The summed E-state index contributed by atoms with van der Waals surface area (Å²) in [5.74, 6) is -0.677. The van der Waals surface area contributed by atoms with E-state index in [0.29, 0.717) is 41.5 Å². The molecule has 1 saturated heterocycles. The zero-order valence-electron chi connectivity index (χ0n) is 17.5. The Hall–Kier alpha value is -2.25. The summed E-state index contributed by atoms with van der Waals surface area (Å²) in [6, 6.07) is 9.69. The standard InChI is InChI=1S/C24H25ClF3NO3/c25-22-10-19(7-6-17(22)11-29-12-18(13-29)23(30)31)32-14-15-5-8-20(16-3-1-2-4-16)21(9-15)24(26,27)28/h5-10,16,18H,1-4,11-14H2,(H,30,31). The van der Waals surface area contributed by atoms with Crippen LogP contribution < -0.4 is 4.74 Å². The minimum atomic E-state index is -4.39. The van der Waals surface area contributed by atoms with E-state index < -0.39 is 17.7 Å². The predicted octanol–water partition coefficient (Wildman–Crippen LogP) is 6.11. The molecule has 1 saturated carbocycles. The molecular formula is C24H25ClF3NO3. The topological polar surface area (TPSA) is 49.8 Å². The molecule has 2 aliphatic rings. The molecule has 0 spiro atoms. The van der Waals surface area contributed by atoms with Crippen molar-refractivity contribution in [2.45, 2.75) is 50.9 Å². The third kappa shape index (κ3) is 5.21. The Morgan fingerprint density at radius 1 is 1.12 bits per heavy atom. The molecule has 0 unspecified atom stereocenters. The number of benzene rings is 2. The average Bonchev–Trinajstić information content (AvgIpc) is 3.23. The number of alkyl halides is 3. The molecule has 4 rings (SSSR count). The smallest absolute Gasteiger partial charge is 0.416 e. The van der Waals surface area contributed by atoms with Crippen molar-refractivity contribution in [3.8, 4) is 5.75 Å². The second-order valence-electron chi connectivity index (χ2n) is 8.67. The van der Waals surface area contributed by atoms with E-state index in [1.807, 2.05) is 4.90 Å². The fraction of sp³-hybridized carbons (Fsp3) is 0.458. The summed E-state index contributed by atoms with van der Waals surface area (Å²) in [6.07, 6.45) is -0.839. The molecule has 1 aliphatic heterocycles. The third-order valence-corrected chi connectivity index (χ3v) is 6.70. The second kappa shape index (κ2) is 9.32. The SMILES string of the molecule is O=C(O)C1CN(Cc2ccc(OCc3ccc(C4CCCC4)c(C(F)(F)F)c3)cc2Cl)C1. The van der Waals surface area contributed by atoms with Crippen molar-refractivity contribution in [1.29, 1.82) is 0 Å². The van der Waals surface area contributed by atoms with Gasteiger partial charge < -0.3 is 9.84 Å². The van der Waals surface area contributed by atoms with Gasteiger partial charge in [0.1, 0.15) is 12.4 Å². The molecule has 2 aromatic carbocycles. The molecule has 1 heterocycles. The first kappa shape index (κ1) is 22.9. The molecular weight excluding hydrogens is 443 g/mol. The van der Waals surface area contributed by atoms with Gasteiger partial charge in [0.25, 0.3) is 0 Å². The van der Waals surface area contributed by atoms with Crippen molar-refractivity contribution in [3.63, 3.8) is 0 Å². The number of carbonyl (C=O) groups is 1. The highest BCUT2D eigenvalue weighted by Gasteiger charge is 2.36. The molecule has 0 amide bonds. The van der Waals surface area contributed by atoms with Crippen molar-refractivity contribution in [1.82, 2.24) is 4.90 Å². The van der Waals surface area contributed by atoms with Crippen LogP contribution in [0.3, 0.4) is 0 Å². The van der Waals surface area contributed by atoms with Gasteiger partial charge in [-0.25, -0.2) is 0 Å². The van der Waals surface area contributed by atoms with Crippen molar-refractivity contribution >= 4 is 17.6 Å². The maximum Gasteiger partial charge on any atom is 0.416 e. The van der Waals surface area contributed by atoms with Crippen LogP contribution in [-0.2, 0) is 24.1 Å². The number of aliphatic carboxylic acids is 1. The largest absolute Gasteiger partial charge is 0.489 e. The second-order valence-corrected chi connectivity index (χ2v) is 9.08. The van der Waals surface area contributed by atoms with Gasteiger partial charge in [-0.3, -0.25) is 9.69 Å². The fourth-order valence-electron chi connectivity index (χ4n) is 4.54. The number of likely N-dealkylation sites (tertiary alicyclic amines) is 1. The van der Waals surface area contributed by atoms with Gasteiger partial charge in [0, 0.05) is 24.7 Å². The first-order valence-electron chi connectivity index (χ1n) is 10.8. The predicted molar refractivity (Wildman–Crippen MR) is 115 cm³/mol. The normalized spacial score (nSPS) is 18.0. The van der Waals surface area contributed by atoms with Gasteiger partial charge in [-0.15, -0.1) is 0 Å². The van der Waals surface area contributed by atoms with Gasteiger partial charge >= 0.3 is 12.1 Å². The van der Waals surface area contributed by atoms with E-state index >= 15 is 0 Å². The molecule has 8 heteroatoms. The maximum atomic E-state index is 13.7. The van der Waals surface area contributed by atoms with E-state index in [9.17, 15) is 18.0 Å². The van der Waals surface area contributed by atoms with Crippen LogP contribution in [0.5, 0.6) is 5.75 Å². The lowest BCUT2D eigenvalue weighted by Crippen LogP contribution is -2.49. The molecule has 32 heavy (non-hydrogen) atoms. The molecule has 2 aromatic rings. The number of ether oxygens (including phenoxy) is 1. The highest BCUT2D eigenvalue weighted by molar-refractivity contribution is 6.31. The number of carboxylic acid groups (broad SMARTS) is 1. The quantitative estimate of drug-likeness (QED) is 0.533. The van der Waals surface area contributed by atoms with Crippen molar-refractivity contribution in [2.75, 3.05) is 13.1 Å². The van der Waals surface area contributed by atoms with Crippen molar-refractivity contribution in [3.05, 3.63) is 63.7 Å². The van der Waals surface area contributed by atoms with Gasteiger partial charge in [0.15, 0.2) is 0 Å². The molecule has 2 fully saturated rings. The fourth-order valence-corrected chi connectivity index (χ4v) is 4.77. The van der Waals surface area contributed by atoms with Crippen LogP contribution in [0.4, 0.5) is 13.2 Å². The Kier molecular flexibility index (Phi) is 6.67. The average molecular weight is 468 g/mol. The maximum absolute atomic E-state index is 13.7. The number of rotatable bonds is 7. The molecule has 1 N–H and O–H groups in total. The van der Waals surface area contributed by atoms with E-state index in [2.05, 4.69) is 0 Å². The number of halogens is 4. The number of nitrogens with zero attached hydrogens (tertiary/aromatic N) is 1. The lowest BCUT2D eigenvalue weighted by atomic mass is 9.91. The van der Waals surface area contributed by atoms with Crippen molar-refractivity contribution in [2.24, 2.45) is 5.92 Å². The molecule has 0 atom stereocenters. The first-order chi connectivity index (χ1) is 15.2. The number of hydrogen-bond acceptors (Lipinski definition) is 3. The lowest BCUT2D eigenvalue weighted by Gasteiger charge is -2.36. The summed E-state index contributed by atoms with van der Waals surface area (Å²) in [5, 5.41) is 9.44. The molecule has 1 aliphatic carbocycles. The summed E-state index contributed by atoms with van der Waals surface area (Å²) in [6.45, 7) is 1.53. The van der Waals surface area contributed by atoms with Gasteiger partial charge in [-0.05, 0) is 53.6 Å². The summed E-state index contributed by atoms with van der Waals surface area (Å²) in [7, 11) is 0. The van der Waals surface area contributed by atoms with E-state index in [4.69, 9.17) is 21.4 Å². The molecule has 0 aromatic heterocycles. The lowest BCUT2D eigenvalue weighted by molar-refractivity contribution is -0.147. The van der Waals surface area contributed by atoms with Crippen LogP contribution in [0.2, 0.25) is 5.02 Å². The van der Waals surface area contributed by atoms with Crippen molar-refractivity contribution < 1.29 is 27.8 Å². The molecule has 172 valence electrons. The highest BCUT2D eigenvalue weighted by Crippen LogP contribution is 2.42. The Morgan fingerprint density at radius 2 is 1.84 bits per heavy atom. The van der Waals surface area contributed by atoms with E-state index in [1.54, 1.807) is 30.3 Å². The van der Waals surface area contributed by atoms with E-state index in [1.165, 1.54) is 6.07 Å². The minimum absolute atomic E-state index is 0.0100. The van der Waals surface area contributed by atoms with Gasteiger partial charge in [0.05, 0.1) is 11.5 Å². The zero-order valence-corrected chi connectivity index (χ0v) is 18.3. The van der Waals surface area contributed by atoms with Gasteiger partial charge in [-0.1, -0.05) is 42.6 Å². The Balaban J connectivity index is 1.40.